The van der Waals surface area contributed by atoms with Gasteiger partial charge < -0.3 is 10.3 Å². The Balaban J connectivity index is 1.28. The van der Waals surface area contributed by atoms with Crippen molar-refractivity contribution in [2.45, 2.75) is 25.7 Å². The number of nitrogens with one attached hydrogen (secondary N) is 3. The first-order valence-corrected chi connectivity index (χ1v) is 12.8. The normalized spacial score (nSPS) is 13.9. The Hall–Kier alpha value is -4.99. The van der Waals surface area contributed by atoms with Crippen LogP contribution in [0.25, 0.3) is 55.8 Å². The highest BCUT2D eigenvalue weighted by Gasteiger charge is 2.24. The van der Waals surface area contributed by atoms with E-state index in [0.29, 0.717) is 44.9 Å². The fourth-order valence-corrected chi connectivity index (χ4v) is 5.35. The van der Waals surface area contributed by atoms with Crippen molar-refractivity contribution in [2.24, 2.45) is 5.92 Å². The number of imidazole rings is 1. The van der Waals surface area contributed by atoms with Gasteiger partial charge in [-0.2, -0.15) is 5.10 Å². The fourth-order valence-electron chi connectivity index (χ4n) is 5.35. The highest BCUT2D eigenvalue weighted by molar-refractivity contribution is 5.98. The van der Waals surface area contributed by atoms with Crippen molar-refractivity contribution >= 4 is 33.7 Å². The summed E-state index contributed by atoms with van der Waals surface area (Å²) < 4.78 is 16.1. The van der Waals surface area contributed by atoms with Crippen molar-refractivity contribution in [2.75, 3.05) is 5.32 Å². The lowest BCUT2D eigenvalue weighted by molar-refractivity contribution is -0.119. The van der Waals surface area contributed by atoms with Gasteiger partial charge in [0.15, 0.2) is 11.5 Å². The summed E-state index contributed by atoms with van der Waals surface area (Å²) in [7, 11) is 0. The number of halogens is 1. The van der Waals surface area contributed by atoms with E-state index in [1.807, 2.05) is 18.2 Å². The fraction of sp³-hybridized carbons (Fsp3) is 0.172. The predicted octanol–water partition coefficient (Wildman–Crippen LogP) is 5.89. The van der Waals surface area contributed by atoms with Crippen molar-refractivity contribution < 1.29 is 9.18 Å². The van der Waals surface area contributed by atoms with Crippen LogP contribution in [-0.2, 0) is 4.79 Å². The number of carbonyl (C=O) groups is 1. The predicted molar refractivity (Wildman–Crippen MR) is 146 cm³/mol. The molecule has 7 rings (SSSR count). The Morgan fingerprint density at radius 2 is 1.79 bits per heavy atom. The van der Waals surface area contributed by atoms with E-state index in [4.69, 9.17) is 0 Å². The van der Waals surface area contributed by atoms with Crippen molar-refractivity contribution in [3.8, 4) is 33.8 Å². The zero-order valence-corrected chi connectivity index (χ0v) is 20.8. The van der Waals surface area contributed by atoms with Crippen molar-refractivity contribution in [3.05, 3.63) is 73.2 Å². The number of rotatable bonds is 5. The number of benzene rings is 1. The van der Waals surface area contributed by atoms with E-state index < -0.39 is 5.82 Å². The van der Waals surface area contributed by atoms with E-state index in [9.17, 15) is 4.79 Å². The van der Waals surface area contributed by atoms with Gasteiger partial charge in [0.1, 0.15) is 11.5 Å². The second kappa shape index (κ2) is 9.39. The van der Waals surface area contributed by atoms with E-state index in [-0.39, 0.29) is 11.8 Å². The van der Waals surface area contributed by atoms with Gasteiger partial charge >= 0.3 is 0 Å². The molecule has 1 saturated carbocycles. The molecule has 0 spiro atoms. The molecule has 0 saturated heterocycles. The standard InChI is InChI=1S/C29H23FN8O/c30-24-20(18-13-19(15-32-14-18)34-29(39)17-3-1-2-4-17)5-6-22-23(24)26(38-37-22)28-35-25-21(9-12-33-27(25)36-28)16-7-10-31-11-8-16/h5-15,17H,1-4H2,(H,34,39)(H,37,38)(H,33,35,36). The zero-order chi connectivity index (χ0) is 26.3. The zero-order valence-electron chi connectivity index (χ0n) is 20.8. The third-order valence-electron chi connectivity index (χ3n) is 7.32. The summed E-state index contributed by atoms with van der Waals surface area (Å²) in [4.78, 5) is 33.3. The Bertz CT molecular complexity index is 1840. The molecule has 1 amide bonds. The molecule has 39 heavy (non-hydrogen) atoms. The number of hydrogen-bond acceptors (Lipinski definition) is 6. The molecule has 5 heterocycles. The van der Waals surface area contributed by atoms with Gasteiger partial charge in [-0.25, -0.2) is 14.4 Å². The maximum absolute atomic E-state index is 16.1. The van der Waals surface area contributed by atoms with Crippen LogP contribution in [0.4, 0.5) is 10.1 Å². The maximum Gasteiger partial charge on any atom is 0.227 e. The Morgan fingerprint density at radius 3 is 2.64 bits per heavy atom. The molecule has 1 aliphatic rings. The molecule has 3 N–H and O–H groups in total. The number of aromatic nitrogens is 7. The van der Waals surface area contributed by atoms with Crippen LogP contribution in [0.3, 0.4) is 0 Å². The average Bonchev–Trinajstić information content (AvgIpc) is 3.73. The van der Waals surface area contributed by atoms with E-state index in [0.717, 1.165) is 42.3 Å². The second-order valence-electron chi connectivity index (χ2n) is 9.73. The quantitative estimate of drug-likeness (QED) is 0.261. The molecule has 0 bridgehead atoms. The largest absolute Gasteiger partial charge is 0.335 e. The van der Waals surface area contributed by atoms with Crippen LogP contribution in [0.1, 0.15) is 25.7 Å². The lowest BCUT2D eigenvalue weighted by atomic mass is 10.0. The number of hydrogen-bond donors (Lipinski definition) is 3. The lowest BCUT2D eigenvalue weighted by Gasteiger charge is -2.11. The van der Waals surface area contributed by atoms with Gasteiger partial charge in [0, 0.05) is 47.4 Å². The Labute approximate surface area is 222 Å². The van der Waals surface area contributed by atoms with Gasteiger partial charge in [0.05, 0.1) is 28.3 Å². The molecular formula is C29H23FN8O. The van der Waals surface area contributed by atoms with E-state index in [1.54, 1.807) is 49.2 Å². The molecule has 1 fully saturated rings. The smallest absolute Gasteiger partial charge is 0.227 e. The number of anilines is 1. The minimum atomic E-state index is -0.458. The van der Waals surface area contributed by atoms with Crippen LogP contribution in [0.15, 0.2) is 67.4 Å². The van der Waals surface area contributed by atoms with Gasteiger partial charge in [-0.05, 0) is 54.8 Å². The van der Waals surface area contributed by atoms with Crippen LogP contribution in [-0.4, -0.2) is 41.0 Å². The lowest BCUT2D eigenvalue weighted by Crippen LogP contribution is -2.20. The molecule has 9 nitrogen and oxygen atoms in total. The average molecular weight is 519 g/mol. The van der Waals surface area contributed by atoms with Crippen LogP contribution < -0.4 is 5.32 Å². The van der Waals surface area contributed by atoms with Crippen molar-refractivity contribution in [1.29, 1.82) is 0 Å². The third-order valence-corrected chi connectivity index (χ3v) is 7.32. The summed E-state index contributed by atoms with van der Waals surface area (Å²) in [6.45, 7) is 0. The van der Waals surface area contributed by atoms with Gasteiger partial charge in [-0.15, -0.1) is 0 Å². The van der Waals surface area contributed by atoms with Crippen molar-refractivity contribution in [1.82, 2.24) is 35.1 Å². The number of aromatic amines is 2. The van der Waals surface area contributed by atoms with Crippen LogP contribution in [0.2, 0.25) is 0 Å². The first kappa shape index (κ1) is 23.2. The number of nitrogens with zero attached hydrogens (tertiary/aromatic N) is 5. The molecule has 0 atom stereocenters. The summed E-state index contributed by atoms with van der Waals surface area (Å²) in [5.74, 6) is -0.0474. The van der Waals surface area contributed by atoms with Crippen molar-refractivity contribution in [3.63, 3.8) is 0 Å². The number of carbonyl (C=O) groups excluding carboxylic acids is 1. The topological polar surface area (TPSA) is 125 Å². The molecular weight excluding hydrogens is 495 g/mol. The molecule has 5 aromatic heterocycles. The maximum atomic E-state index is 16.1. The van der Waals surface area contributed by atoms with Gasteiger partial charge in [0.25, 0.3) is 0 Å². The van der Waals surface area contributed by atoms with E-state index in [2.05, 4.69) is 40.4 Å². The van der Waals surface area contributed by atoms with Crippen LogP contribution >= 0.6 is 0 Å². The van der Waals surface area contributed by atoms with E-state index in [1.165, 1.54) is 0 Å². The molecule has 1 aliphatic carbocycles. The third kappa shape index (κ3) is 4.10. The Kier molecular flexibility index (Phi) is 5.58. The summed E-state index contributed by atoms with van der Waals surface area (Å²) in [6.07, 6.45) is 12.2. The molecule has 1 aromatic carbocycles. The molecule has 0 radical (unpaired) electrons. The summed E-state index contributed by atoms with van der Waals surface area (Å²) >= 11 is 0. The van der Waals surface area contributed by atoms with Gasteiger partial charge in [-0.1, -0.05) is 12.8 Å². The summed E-state index contributed by atoms with van der Waals surface area (Å²) in [5, 5.41) is 10.6. The molecule has 6 aromatic rings. The summed E-state index contributed by atoms with van der Waals surface area (Å²) in [6, 6.07) is 10.9. The molecule has 0 unspecified atom stereocenters. The van der Waals surface area contributed by atoms with E-state index >= 15 is 4.39 Å². The number of pyridine rings is 3. The monoisotopic (exact) mass is 518 g/mol. The summed E-state index contributed by atoms with van der Waals surface area (Å²) in [5.41, 5.74) is 5.42. The van der Waals surface area contributed by atoms with Gasteiger partial charge in [-0.3, -0.25) is 19.9 Å². The molecule has 10 heteroatoms. The first-order valence-electron chi connectivity index (χ1n) is 12.8. The number of fused-ring (bicyclic) bond motifs is 2. The number of amides is 1. The minimum absolute atomic E-state index is 0.0101. The second-order valence-corrected chi connectivity index (χ2v) is 9.73. The highest BCUT2D eigenvalue weighted by Crippen LogP contribution is 2.35. The highest BCUT2D eigenvalue weighted by atomic mass is 19.1. The number of H-pyrrole nitrogens is 2. The van der Waals surface area contributed by atoms with Crippen LogP contribution in [0.5, 0.6) is 0 Å². The minimum Gasteiger partial charge on any atom is -0.335 e. The molecule has 0 aliphatic heterocycles. The Morgan fingerprint density at radius 1 is 0.949 bits per heavy atom. The first-order chi connectivity index (χ1) is 19.2. The SMILES string of the molecule is O=C(Nc1cncc(-c2ccc3[nH]nc(-c4nc5nccc(-c6ccncc6)c5[nH]4)c3c2F)c1)C1CCCC1. The van der Waals surface area contributed by atoms with Crippen LogP contribution in [0, 0.1) is 11.7 Å². The molecule has 192 valence electrons. The van der Waals surface area contributed by atoms with Gasteiger partial charge in [0.2, 0.25) is 5.91 Å².